The Hall–Kier alpha value is -1.60. The van der Waals surface area contributed by atoms with Crippen LogP contribution >= 0.6 is 0 Å². The van der Waals surface area contributed by atoms with E-state index in [1.165, 1.54) is 0 Å². The molecule has 0 radical (unpaired) electrons. The van der Waals surface area contributed by atoms with Crippen LogP contribution in [0.25, 0.3) is 0 Å². The van der Waals surface area contributed by atoms with Gasteiger partial charge in [-0.2, -0.15) is 5.26 Å². The fourth-order valence-corrected chi connectivity index (χ4v) is 2.37. The van der Waals surface area contributed by atoms with Crippen LogP contribution in [0.5, 0.6) is 0 Å². The Labute approximate surface area is 102 Å². The van der Waals surface area contributed by atoms with Crippen LogP contribution in [0.3, 0.4) is 0 Å². The van der Waals surface area contributed by atoms with Crippen molar-refractivity contribution in [3.8, 4) is 6.07 Å². The molecule has 4 nitrogen and oxygen atoms in total. The van der Waals surface area contributed by atoms with E-state index < -0.39 is 0 Å². The second-order valence-corrected chi connectivity index (χ2v) is 4.76. The largest absolute Gasteiger partial charge is 0.353 e. The minimum absolute atomic E-state index is 0.275. The van der Waals surface area contributed by atoms with Crippen LogP contribution in [0.15, 0.2) is 12.1 Å². The molecule has 0 aliphatic carbocycles. The van der Waals surface area contributed by atoms with Crippen LogP contribution in [0.4, 0.5) is 5.82 Å². The molecule has 0 bridgehead atoms. The van der Waals surface area contributed by atoms with Crippen LogP contribution in [-0.2, 0) is 0 Å². The predicted molar refractivity (Wildman–Crippen MR) is 67.7 cm³/mol. The highest BCUT2D eigenvalue weighted by Gasteiger charge is 2.25. The lowest BCUT2D eigenvalue weighted by atomic mass is 9.98. The molecule has 1 saturated heterocycles. The van der Waals surface area contributed by atoms with Crippen LogP contribution < -0.4 is 10.6 Å². The number of hydrogen-bond donors (Lipinski definition) is 1. The third-order valence-corrected chi connectivity index (χ3v) is 3.32. The summed E-state index contributed by atoms with van der Waals surface area (Å²) in [6.07, 6.45) is 1.92. The highest BCUT2D eigenvalue weighted by atomic mass is 15.2. The monoisotopic (exact) mass is 230 g/mol. The van der Waals surface area contributed by atoms with Crippen molar-refractivity contribution in [2.75, 3.05) is 11.4 Å². The van der Waals surface area contributed by atoms with E-state index in [0.717, 1.165) is 30.9 Å². The fraction of sp³-hybridized carbons (Fsp3) is 0.538. The van der Waals surface area contributed by atoms with Crippen LogP contribution in [0, 0.1) is 18.3 Å². The molecule has 17 heavy (non-hydrogen) atoms. The van der Waals surface area contributed by atoms with Crippen molar-refractivity contribution < 1.29 is 0 Å². The van der Waals surface area contributed by atoms with Gasteiger partial charge in [-0.15, -0.1) is 0 Å². The molecule has 0 aromatic carbocycles. The van der Waals surface area contributed by atoms with Crippen LogP contribution in [-0.4, -0.2) is 23.6 Å². The molecule has 2 heterocycles. The van der Waals surface area contributed by atoms with Crippen molar-refractivity contribution in [1.82, 2.24) is 4.98 Å². The van der Waals surface area contributed by atoms with E-state index in [0.29, 0.717) is 11.6 Å². The first-order valence-corrected chi connectivity index (χ1v) is 6.01. The van der Waals surface area contributed by atoms with Gasteiger partial charge in [-0.3, -0.25) is 0 Å². The summed E-state index contributed by atoms with van der Waals surface area (Å²) in [7, 11) is 0. The second kappa shape index (κ2) is 4.72. The first kappa shape index (κ1) is 11.9. The quantitative estimate of drug-likeness (QED) is 0.795. The molecule has 2 atom stereocenters. The zero-order valence-corrected chi connectivity index (χ0v) is 10.3. The molecule has 0 spiro atoms. The highest BCUT2D eigenvalue weighted by molar-refractivity contribution is 5.55. The lowest BCUT2D eigenvalue weighted by Crippen LogP contribution is -2.46. The maximum Gasteiger partial charge on any atom is 0.147 e. The summed E-state index contributed by atoms with van der Waals surface area (Å²) >= 11 is 0. The number of aromatic nitrogens is 1. The number of nitrogens with two attached hydrogens (primary N) is 1. The number of nitrogens with zero attached hydrogens (tertiary/aromatic N) is 3. The fourth-order valence-electron chi connectivity index (χ4n) is 2.37. The van der Waals surface area contributed by atoms with Gasteiger partial charge in [-0.05, 0) is 38.8 Å². The Morgan fingerprint density at radius 1 is 1.53 bits per heavy atom. The summed E-state index contributed by atoms with van der Waals surface area (Å²) in [5, 5.41) is 9.14. The van der Waals surface area contributed by atoms with E-state index in [9.17, 15) is 0 Å². The molecule has 1 aromatic rings. The SMILES string of the molecule is Cc1ccc(C#N)c(N2CCC(N)CC2C)n1. The Morgan fingerprint density at radius 2 is 2.29 bits per heavy atom. The molecule has 1 aliphatic rings. The third kappa shape index (κ3) is 2.40. The summed E-state index contributed by atoms with van der Waals surface area (Å²) in [5.41, 5.74) is 7.55. The van der Waals surface area contributed by atoms with Gasteiger partial charge in [0.1, 0.15) is 11.9 Å². The molecular formula is C13H18N4. The Bertz CT molecular complexity index is 449. The summed E-state index contributed by atoms with van der Waals surface area (Å²) in [6.45, 7) is 4.97. The van der Waals surface area contributed by atoms with Gasteiger partial charge in [0.2, 0.25) is 0 Å². The average Bonchev–Trinajstić information content (AvgIpc) is 2.29. The lowest BCUT2D eigenvalue weighted by molar-refractivity contribution is 0.427. The summed E-state index contributed by atoms with van der Waals surface area (Å²) < 4.78 is 0. The van der Waals surface area contributed by atoms with Gasteiger partial charge in [0.15, 0.2) is 0 Å². The van der Waals surface area contributed by atoms with E-state index in [-0.39, 0.29) is 6.04 Å². The molecule has 1 aromatic heterocycles. The van der Waals surface area contributed by atoms with E-state index in [2.05, 4.69) is 22.9 Å². The first-order chi connectivity index (χ1) is 8.11. The van der Waals surface area contributed by atoms with Crippen LogP contribution in [0.2, 0.25) is 0 Å². The van der Waals surface area contributed by atoms with E-state index >= 15 is 0 Å². The van der Waals surface area contributed by atoms with Gasteiger partial charge in [-0.25, -0.2) is 4.98 Å². The Kier molecular flexibility index (Phi) is 3.30. The van der Waals surface area contributed by atoms with Gasteiger partial charge in [0.25, 0.3) is 0 Å². The highest BCUT2D eigenvalue weighted by Crippen LogP contribution is 2.25. The third-order valence-electron chi connectivity index (χ3n) is 3.32. The van der Waals surface area contributed by atoms with Crippen molar-refractivity contribution in [1.29, 1.82) is 5.26 Å². The summed E-state index contributed by atoms with van der Waals surface area (Å²) in [4.78, 5) is 6.71. The minimum atomic E-state index is 0.275. The molecule has 2 N–H and O–H groups in total. The van der Waals surface area contributed by atoms with E-state index in [4.69, 9.17) is 11.0 Å². The van der Waals surface area contributed by atoms with Gasteiger partial charge < -0.3 is 10.6 Å². The molecule has 0 saturated carbocycles. The van der Waals surface area contributed by atoms with Crippen molar-refractivity contribution >= 4 is 5.82 Å². The minimum Gasteiger partial charge on any atom is -0.353 e. The zero-order valence-electron chi connectivity index (χ0n) is 10.3. The number of pyridine rings is 1. The average molecular weight is 230 g/mol. The first-order valence-electron chi connectivity index (χ1n) is 6.01. The number of hydrogen-bond acceptors (Lipinski definition) is 4. The Morgan fingerprint density at radius 3 is 2.94 bits per heavy atom. The van der Waals surface area contributed by atoms with Crippen molar-refractivity contribution in [2.45, 2.75) is 38.8 Å². The molecule has 2 rings (SSSR count). The molecule has 90 valence electrons. The number of anilines is 1. The topological polar surface area (TPSA) is 65.9 Å². The lowest BCUT2D eigenvalue weighted by Gasteiger charge is -2.37. The molecular weight excluding hydrogens is 212 g/mol. The van der Waals surface area contributed by atoms with Gasteiger partial charge in [0.05, 0.1) is 5.56 Å². The maximum atomic E-state index is 9.14. The normalized spacial score (nSPS) is 24.5. The number of nitriles is 1. The van der Waals surface area contributed by atoms with E-state index in [1.807, 2.05) is 19.1 Å². The van der Waals surface area contributed by atoms with Crippen molar-refractivity contribution in [3.05, 3.63) is 23.4 Å². The summed E-state index contributed by atoms with van der Waals surface area (Å²) in [6, 6.07) is 6.56. The predicted octanol–water partition coefficient (Wildman–Crippen LogP) is 1.58. The van der Waals surface area contributed by atoms with Gasteiger partial charge >= 0.3 is 0 Å². The second-order valence-electron chi connectivity index (χ2n) is 4.76. The molecule has 4 heteroatoms. The van der Waals surface area contributed by atoms with Gasteiger partial charge in [0, 0.05) is 24.3 Å². The molecule has 1 fully saturated rings. The molecule has 2 unspecified atom stereocenters. The molecule has 0 amide bonds. The number of piperidine rings is 1. The van der Waals surface area contributed by atoms with Crippen LogP contribution in [0.1, 0.15) is 31.0 Å². The maximum absolute atomic E-state index is 9.14. The zero-order chi connectivity index (χ0) is 12.4. The van der Waals surface area contributed by atoms with E-state index in [1.54, 1.807) is 0 Å². The van der Waals surface area contributed by atoms with Crippen molar-refractivity contribution in [3.63, 3.8) is 0 Å². The van der Waals surface area contributed by atoms with Crippen molar-refractivity contribution in [2.24, 2.45) is 5.73 Å². The molecule has 1 aliphatic heterocycles. The smallest absolute Gasteiger partial charge is 0.147 e. The Balaban J connectivity index is 2.33. The number of rotatable bonds is 1. The van der Waals surface area contributed by atoms with Gasteiger partial charge in [-0.1, -0.05) is 0 Å². The standard InChI is InChI=1S/C13H18N4/c1-9-3-4-11(8-14)13(16-9)17-6-5-12(15)7-10(17)2/h3-4,10,12H,5-7,15H2,1-2H3. The number of aryl methyl sites for hydroxylation is 1. The summed E-state index contributed by atoms with van der Waals surface area (Å²) in [5.74, 6) is 0.812.